The number of carbonyl (C=O) groups is 2. The Morgan fingerprint density at radius 2 is 2.05 bits per heavy atom. The number of rotatable bonds is 4. The van der Waals surface area contributed by atoms with Gasteiger partial charge < -0.3 is 20.2 Å². The van der Waals surface area contributed by atoms with Gasteiger partial charge >= 0.3 is 7.75 Å². The molecule has 10 heteroatoms. The lowest BCUT2D eigenvalue weighted by Gasteiger charge is -2.35. The lowest BCUT2D eigenvalue weighted by molar-refractivity contribution is -0.139. The molecular weight excluding hydrogens is 313 g/mol. The first-order chi connectivity index (χ1) is 10.2. The van der Waals surface area contributed by atoms with Crippen molar-refractivity contribution >= 4 is 25.3 Å². The van der Waals surface area contributed by atoms with Crippen molar-refractivity contribution in [1.29, 1.82) is 0 Å². The maximum Gasteiger partial charge on any atom is 0.432 e. The molecule has 0 aromatic rings. The molecule has 0 saturated carbocycles. The second-order valence-corrected chi connectivity index (χ2v) is 6.72. The van der Waals surface area contributed by atoms with E-state index in [-0.39, 0.29) is 18.3 Å². The number of carbonyl (C=O) groups excluding carboxylic acids is 2. The van der Waals surface area contributed by atoms with E-state index in [1.165, 1.54) is 6.92 Å². The topological polar surface area (TPSA) is 140 Å². The first kappa shape index (κ1) is 16.8. The lowest BCUT2D eigenvalue weighted by Crippen LogP contribution is -2.57. The van der Waals surface area contributed by atoms with Crippen molar-refractivity contribution in [1.82, 2.24) is 9.99 Å². The number of amidine groups is 1. The number of aliphatic hydroxyl groups excluding tert-OH is 1. The maximum absolute atomic E-state index is 12.2. The van der Waals surface area contributed by atoms with Crippen LogP contribution in [-0.4, -0.2) is 55.9 Å². The highest BCUT2D eigenvalue weighted by Crippen LogP contribution is 2.43. The Kier molecular flexibility index (Phi) is 4.81. The van der Waals surface area contributed by atoms with Crippen LogP contribution in [-0.2, 0) is 14.2 Å². The summed E-state index contributed by atoms with van der Waals surface area (Å²) in [6, 6.07) is -1.79. The van der Waals surface area contributed by atoms with Crippen LogP contribution in [0.1, 0.15) is 19.8 Å². The molecule has 0 aromatic heterocycles. The summed E-state index contributed by atoms with van der Waals surface area (Å²) in [5, 5.41) is 12.0. The third kappa shape index (κ3) is 3.44. The second-order valence-electron chi connectivity index (χ2n) is 5.27. The number of aliphatic hydroxyl groups is 1. The Hall–Kier alpha value is -1.54. The average Bonchev–Trinajstić information content (AvgIpc) is 2.91. The molecule has 1 amide bonds. The molecule has 2 atom stereocenters. The van der Waals surface area contributed by atoms with Crippen LogP contribution in [0.5, 0.6) is 0 Å². The van der Waals surface area contributed by atoms with E-state index in [0.29, 0.717) is 4.67 Å². The van der Waals surface area contributed by atoms with Gasteiger partial charge in [0.1, 0.15) is 5.84 Å². The van der Waals surface area contributed by atoms with Crippen LogP contribution < -0.4 is 5.32 Å². The SMILES string of the molecule is CC1=NC(O)C(=O)C(C(=O)NCC2CC=CC2)N1P(=O)(O)O. The highest BCUT2D eigenvalue weighted by atomic mass is 31.2. The minimum atomic E-state index is -4.92. The number of aliphatic imine (C=N–C) groups is 1. The number of hydrogen-bond donors (Lipinski definition) is 4. The molecule has 0 fully saturated rings. The van der Waals surface area contributed by atoms with Crippen molar-refractivity contribution < 1.29 is 29.0 Å². The van der Waals surface area contributed by atoms with Crippen molar-refractivity contribution in [3.8, 4) is 0 Å². The molecule has 0 aromatic carbocycles. The molecule has 4 N–H and O–H groups in total. The molecule has 0 radical (unpaired) electrons. The molecular formula is C12H18N3O6P. The van der Waals surface area contributed by atoms with Gasteiger partial charge in [-0.1, -0.05) is 12.2 Å². The van der Waals surface area contributed by atoms with Crippen LogP contribution in [0.3, 0.4) is 0 Å². The highest BCUT2D eigenvalue weighted by Gasteiger charge is 2.47. The van der Waals surface area contributed by atoms with E-state index in [1.807, 2.05) is 12.2 Å². The van der Waals surface area contributed by atoms with Crippen molar-refractivity contribution in [3.05, 3.63) is 12.2 Å². The summed E-state index contributed by atoms with van der Waals surface area (Å²) in [5.41, 5.74) is 0. The Balaban J connectivity index is 2.16. The van der Waals surface area contributed by atoms with Gasteiger partial charge in [0.2, 0.25) is 12.0 Å². The first-order valence-corrected chi connectivity index (χ1v) is 8.32. The number of nitrogens with zero attached hydrogens (tertiary/aromatic N) is 2. The summed E-state index contributed by atoms with van der Waals surface area (Å²) < 4.78 is 11.9. The van der Waals surface area contributed by atoms with Gasteiger partial charge in [0.05, 0.1) is 0 Å². The molecule has 22 heavy (non-hydrogen) atoms. The van der Waals surface area contributed by atoms with Crippen molar-refractivity contribution in [2.24, 2.45) is 10.9 Å². The van der Waals surface area contributed by atoms with Gasteiger partial charge in [0.25, 0.3) is 5.91 Å². The molecule has 2 rings (SSSR count). The van der Waals surface area contributed by atoms with Crippen molar-refractivity contribution in [2.45, 2.75) is 32.0 Å². The van der Waals surface area contributed by atoms with Gasteiger partial charge in [-0.05, 0) is 25.7 Å². The molecule has 2 unspecified atom stereocenters. The van der Waals surface area contributed by atoms with Gasteiger partial charge in [-0.15, -0.1) is 0 Å². The monoisotopic (exact) mass is 331 g/mol. The van der Waals surface area contributed by atoms with Crippen LogP contribution in [0, 0.1) is 5.92 Å². The number of allylic oxidation sites excluding steroid dienone is 2. The highest BCUT2D eigenvalue weighted by molar-refractivity contribution is 7.50. The Morgan fingerprint density at radius 1 is 1.45 bits per heavy atom. The van der Waals surface area contributed by atoms with E-state index in [0.717, 1.165) is 12.8 Å². The summed E-state index contributed by atoms with van der Waals surface area (Å²) >= 11 is 0. The van der Waals surface area contributed by atoms with Crippen molar-refractivity contribution in [3.63, 3.8) is 0 Å². The minimum Gasteiger partial charge on any atom is -0.365 e. The Labute approximate surface area is 126 Å². The second kappa shape index (κ2) is 6.29. The molecule has 9 nitrogen and oxygen atoms in total. The van der Waals surface area contributed by atoms with Gasteiger partial charge in [0.15, 0.2) is 6.04 Å². The van der Waals surface area contributed by atoms with Crippen molar-refractivity contribution in [2.75, 3.05) is 6.54 Å². The Morgan fingerprint density at radius 3 is 2.59 bits per heavy atom. The third-order valence-electron chi connectivity index (χ3n) is 3.61. The smallest absolute Gasteiger partial charge is 0.365 e. The Bertz CT molecular complexity index is 575. The van der Waals surface area contributed by atoms with E-state index in [4.69, 9.17) is 0 Å². The number of amides is 1. The van der Waals surface area contributed by atoms with Crippen LogP contribution in [0.25, 0.3) is 0 Å². The average molecular weight is 331 g/mol. The lowest BCUT2D eigenvalue weighted by atomic mass is 10.1. The fraction of sp³-hybridized carbons (Fsp3) is 0.583. The van der Waals surface area contributed by atoms with E-state index in [1.54, 1.807) is 0 Å². The number of Topliss-reactive ketones (excluding diaryl/α,β-unsaturated/α-hetero) is 1. The van der Waals surface area contributed by atoms with Gasteiger partial charge in [-0.25, -0.2) is 14.2 Å². The van der Waals surface area contributed by atoms with E-state index < -0.39 is 31.7 Å². The van der Waals surface area contributed by atoms with E-state index in [9.17, 15) is 29.0 Å². The summed E-state index contributed by atoms with van der Waals surface area (Å²) in [6.45, 7) is 1.51. The zero-order valence-electron chi connectivity index (χ0n) is 11.9. The zero-order valence-corrected chi connectivity index (χ0v) is 12.8. The summed E-state index contributed by atoms with van der Waals surface area (Å²) in [6.07, 6.45) is 3.75. The standard InChI is InChI=1S/C12H18N3O6P/c1-7-14-12(18)10(16)9(15(7)22(19,20)21)11(17)13-6-8-4-2-3-5-8/h2-3,8-9,12,18H,4-6H2,1H3,(H,13,17)(H2,19,20,21). The quantitative estimate of drug-likeness (QED) is 0.299. The predicted octanol–water partition coefficient (Wildman–Crippen LogP) is -0.848. The molecule has 1 aliphatic heterocycles. The van der Waals surface area contributed by atoms with Crippen LogP contribution in [0.4, 0.5) is 0 Å². The summed E-state index contributed by atoms with van der Waals surface area (Å²) in [5.74, 6) is -1.97. The molecule has 0 saturated heterocycles. The molecule has 2 aliphatic rings. The van der Waals surface area contributed by atoms with Gasteiger partial charge in [0, 0.05) is 6.54 Å². The first-order valence-electron chi connectivity index (χ1n) is 6.76. The molecule has 0 spiro atoms. The van der Waals surface area contributed by atoms with Gasteiger partial charge in [-0.3, -0.25) is 9.59 Å². The summed E-state index contributed by atoms with van der Waals surface area (Å²) in [4.78, 5) is 46.3. The maximum atomic E-state index is 12.2. The fourth-order valence-electron chi connectivity index (χ4n) is 2.51. The van der Waals surface area contributed by atoms with Crippen LogP contribution >= 0.6 is 7.75 Å². The molecule has 1 aliphatic carbocycles. The minimum absolute atomic E-state index is 0.200. The van der Waals surface area contributed by atoms with Gasteiger partial charge in [-0.2, -0.15) is 0 Å². The fourth-order valence-corrected chi connectivity index (χ4v) is 3.46. The van der Waals surface area contributed by atoms with Crippen LogP contribution in [0.2, 0.25) is 0 Å². The predicted molar refractivity (Wildman–Crippen MR) is 76.7 cm³/mol. The molecule has 1 heterocycles. The number of hydrogen-bond acceptors (Lipinski definition) is 5. The van der Waals surface area contributed by atoms with Crippen LogP contribution in [0.15, 0.2) is 17.1 Å². The normalized spacial score (nSPS) is 26.3. The molecule has 0 bridgehead atoms. The third-order valence-corrected chi connectivity index (χ3v) is 4.69. The summed E-state index contributed by atoms with van der Waals surface area (Å²) in [7, 11) is -4.92. The number of ketones is 1. The number of nitrogens with one attached hydrogen (secondary N) is 1. The van der Waals surface area contributed by atoms with E-state index >= 15 is 0 Å². The van der Waals surface area contributed by atoms with E-state index in [2.05, 4.69) is 10.3 Å². The zero-order chi connectivity index (χ0) is 16.5. The molecule has 122 valence electrons. The largest absolute Gasteiger partial charge is 0.432 e.